The fourth-order valence-corrected chi connectivity index (χ4v) is 2.98. The molecule has 2 N–H and O–H groups in total. The van der Waals surface area contributed by atoms with Gasteiger partial charge >= 0.3 is 0 Å². The van der Waals surface area contributed by atoms with Crippen LogP contribution in [0.4, 0.5) is 11.6 Å². The number of methoxy groups -OCH3 is 1. The van der Waals surface area contributed by atoms with E-state index in [4.69, 9.17) is 4.74 Å². The molecule has 0 saturated carbocycles. The third kappa shape index (κ3) is 2.73. The Bertz CT molecular complexity index is 794. The molecule has 1 atom stereocenters. The molecule has 1 amide bonds. The summed E-state index contributed by atoms with van der Waals surface area (Å²) < 4.78 is 7.06. The van der Waals surface area contributed by atoms with Crippen LogP contribution in [0.2, 0.25) is 0 Å². The predicted octanol–water partition coefficient (Wildman–Crippen LogP) is 2.82. The van der Waals surface area contributed by atoms with Crippen molar-refractivity contribution >= 4 is 17.5 Å². The minimum absolute atomic E-state index is 0.177. The molecule has 1 aliphatic heterocycles. The van der Waals surface area contributed by atoms with Gasteiger partial charge in [0.1, 0.15) is 12.1 Å². The molecule has 2 heterocycles. The van der Waals surface area contributed by atoms with Gasteiger partial charge in [0.15, 0.2) is 0 Å². The molecule has 0 spiro atoms. The molecule has 0 aliphatic carbocycles. The highest BCUT2D eigenvalue weighted by Crippen LogP contribution is 2.35. The SMILES string of the molecule is COc1ccccc1NC(=O)C1=C(C)Nc2ncnn2C1C(C)C. The van der Waals surface area contributed by atoms with E-state index in [-0.39, 0.29) is 17.9 Å². The van der Waals surface area contributed by atoms with E-state index in [0.29, 0.717) is 23.0 Å². The number of hydrogen-bond donors (Lipinski definition) is 2. The molecule has 1 aromatic heterocycles. The van der Waals surface area contributed by atoms with E-state index in [2.05, 4.69) is 34.6 Å². The van der Waals surface area contributed by atoms with Gasteiger partial charge in [-0.2, -0.15) is 10.1 Å². The first-order valence-electron chi connectivity index (χ1n) is 7.84. The maximum absolute atomic E-state index is 13.0. The highest BCUT2D eigenvalue weighted by molar-refractivity contribution is 6.06. The first kappa shape index (κ1) is 16.0. The number of allylic oxidation sites excluding steroid dienone is 1. The molecule has 0 radical (unpaired) electrons. The number of carbonyl (C=O) groups excluding carboxylic acids is 1. The van der Waals surface area contributed by atoms with Crippen LogP contribution in [0.1, 0.15) is 26.8 Å². The van der Waals surface area contributed by atoms with Gasteiger partial charge in [-0.15, -0.1) is 0 Å². The van der Waals surface area contributed by atoms with Gasteiger partial charge < -0.3 is 15.4 Å². The minimum Gasteiger partial charge on any atom is -0.495 e. The van der Waals surface area contributed by atoms with E-state index in [9.17, 15) is 4.79 Å². The number of rotatable bonds is 4. The zero-order chi connectivity index (χ0) is 17.3. The second-order valence-electron chi connectivity index (χ2n) is 6.04. The third-order valence-electron chi connectivity index (χ3n) is 4.07. The average Bonchev–Trinajstić information content (AvgIpc) is 3.01. The Labute approximate surface area is 140 Å². The lowest BCUT2D eigenvalue weighted by atomic mass is 9.92. The molecule has 7 nitrogen and oxygen atoms in total. The largest absolute Gasteiger partial charge is 0.495 e. The summed E-state index contributed by atoms with van der Waals surface area (Å²) in [7, 11) is 1.58. The number of anilines is 2. The zero-order valence-electron chi connectivity index (χ0n) is 14.2. The van der Waals surface area contributed by atoms with Crippen LogP contribution in [0.25, 0.3) is 0 Å². The summed E-state index contributed by atoms with van der Waals surface area (Å²) in [5.41, 5.74) is 2.06. The molecular formula is C17H21N5O2. The zero-order valence-corrected chi connectivity index (χ0v) is 14.2. The molecule has 0 bridgehead atoms. The van der Waals surface area contributed by atoms with Gasteiger partial charge in [-0.05, 0) is 25.0 Å². The Morgan fingerprint density at radius 1 is 1.38 bits per heavy atom. The van der Waals surface area contributed by atoms with Crippen molar-refractivity contribution in [2.75, 3.05) is 17.7 Å². The lowest BCUT2D eigenvalue weighted by molar-refractivity contribution is -0.113. The molecule has 0 fully saturated rings. The molecule has 7 heteroatoms. The lowest BCUT2D eigenvalue weighted by Crippen LogP contribution is -2.33. The van der Waals surface area contributed by atoms with E-state index in [1.807, 2.05) is 31.2 Å². The molecule has 1 unspecified atom stereocenters. The molecule has 2 aromatic rings. The quantitative estimate of drug-likeness (QED) is 0.902. The number of aromatic nitrogens is 3. The first-order chi connectivity index (χ1) is 11.5. The van der Waals surface area contributed by atoms with Crippen LogP contribution in [-0.2, 0) is 4.79 Å². The summed E-state index contributed by atoms with van der Waals surface area (Å²) in [6.07, 6.45) is 1.49. The first-order valence-corrected chi connectivity index (χ1v) is 7.84. The second-order valence-corrected chi connectivity index (χ2v) is 6.04. The minimum atomic E-state index is -0.182. The molecule has 126 valence electrons. The topological polar surface area (TPSA) is 81.1 Å². The van der Waals surface area contributed by atoms with Crippen molar-refractivity contribution in [2.45, 2.75) is 26.8 Å². The third-order valence-corrected chi connectivity index (χ3v) is 4.07. The summed E-state index contributed by atoms with van der Waals surface area (Å²) in [5.74, 6) is 1.28. The van der Waals surface area contributed by atoms with E-state index in [1.165, 1.54) is 6.33 Å². The van der Waals surface area contributed by atoms with Gasteiger partial charge in [-0.3, -0.25) is 4.79 Å². The molecular weight excluding hydrogens is 306 g/mol. The Kier molecular flexibility index (Phi) is 4.24. The smallest absolute Gasteiger partial charge is 0.255 e. The molecule has 3 rings (SSSR count). The van der Waals surface area contributed by atoms with Gasteiger partial charge in [-0.25, -0.2) is 4.68 Å². The van der Waals surface area contributed by atoms with Gasteiger partial charge in [0.25, 0.3) is 5.91 Å². The van der Waals surface area contributed by atoms with Crippen molar-refractivity contribution in [3.63, 3.8) is 0 Å². The number of fused-ring (bicyclic) bond motifs is 1. The Balaban J connectivity index is 1.95. The maximum Gasteiger partial charge on any atom is 0.255 e. The van der Waals surface area contributed by atoms with Crippen LogP contribution in [0.5, 0.6) is 5.75 Å². The summed E-state index contributed by atoms with van der Waals surface area (Å²) in [5, 5.41) is 10.4. The van der Waals surface area contributed by atoms with Crippen molar-refractivity contribution < 1.29 is 9.53 Å². The summed E-state index contributed by atoms with van der Waals surface area (Å²) in [4.78, 5) is 17.2. The predicted molar refractivity (Wildman–Crippen MR) is 91.8 cm³/mol. The van der Waals surface area contributed by atoms with E-state index in [0.717, 1.165) is 5.70 Å². The number of nitrogens with one attached hydrogen (secondary N) is 2. The number of hydrogen-bond acceptors (Lipinski definition) is 5. The van der Waals surface area contributed by atoms with Crippen LogP contribution in [0.3, 0.4) is 0 Å². The number of nitrogens with zero attached hydrogens (tertiary/aromatic N) is 3. The Hall–Kier alpha value is -2.83. The fraction of sp³-hybridized carbons (Fsp3) is 0.353. The van der Waals surface area contributed by atoms with Crippen molar-refractivity contribution in [3.05, 3.63) is 41.9 Å². The fourth-order valence-electron chi connectivity index (χ4n) is 2.98. The van der Waals surface area contributed by atoms with E-state index in [1.54, 1.807) is 11.8 Å². The molecule has 1 aromatic carbocycles. The van der Waals surface area contributed by atoms with Gasteiger partial charge in [0, 0.05) is 5.70 Å². The number of ether oxygens (including phenoxy) is 1. The summed E-state index contributed by atoms with van der Waals surface area (Å²) in [6, 6.07) is 7.16. The number of para-hydroxylation sites is 2. The standard InChI is InChI=1S/C17H21N5O2/c1-10(2)15-14(11(3)20-17-18-9-19-22(15)17)16(23)21-12-7-5-6-8-13(12)24-4/h5-10,15H,1-4H3,(H,21,23)(H,18,19,20). The van der Waals surface area contributed by atoms with Crippen LogP contribution in [0, 0.1) is 5.92 Å². The second kappa shape index (κ2) is 6.35. The highest BCUT2D eigenvalue weighted by atomic mass is 16.5. The maximum atomic E-state index is 13.0. The number of amides is 1. The van der Waals surface area contributed by atoms with Gasteiger partial charge in [0.2, 0.25) is 5.95 Å². The summed E-state index contributed by atoms with van der Waals surface area (Å²) >= 11 is 0. The van der Waals surface area contributed by atoms with Crippen molar-refractivity contribution in [3.8, 4) is 5.75 Å². The Morgan fingerprint density at radius 2 is 2.12 bits per heavy atom. The monoisotopic (exact) mass is 327 g/mol. The highest BCUT2D eigenvalue weighted by Gasteiger charge is 2.34. The summed E-state index contributed by atoms with van der Waals surface area (Å²) in [6.45, 7) is 6.00. The van der Waals surface area contributed by atoms with E-state index < -0.39 is 0 Å². The normalized spacial score (nSPS) is 16.6. The lowest BCUT2D eigenvalue weighted by Gasteiger charge is -2.30. The Morgan fingerprint density at radius 3 is 2.83 bits per heavy atom. The molecule has 0 saturated heterocycles. The van der Waals surface area contributed by atoms with Crippen LogP contribution in [-0.4, -0.2) is 27.8 Å². The van der Waals surface area contributed by atoms with E-state index >= 15 is 0 Å². The van der Waals surface area contributed by atoms with Crippen molar-refractivity contribution in [2.24, 2.45) is 5.92 Å². The average molecular weight is 327 g/mol. The van der Waals surface area contributed by atoms with Crippen molar-refractivity contribution in [1.29, 1.82) is 0 Å². The van der Waals surface area contributed by atoms with Gasteiger partial charge in [0.05, 0.1) is 24.4 Å². The van der Waals surface area contributed by atoms with Gasteiger partial charge in [-0.1, -0.05) is 26.0 Å². The number of carbonyl (C=O) groups is 1. The van der Waals surface area contributed by atoms with Crippen molar-refractivity contribution in [1.82, 2.24) is 14.8 Å². The van der Waals surface area contributed by atoms with Crippen LogP contribution >= 0.6 is 0 Å². The molecule has 24 heavy (non-hydrogen) atoms. The van der Waals surface area contributed by atoms with Crippen LogP contribution in [0.15, 0.2) is 41.9 Å². The molecule has 1 aliphatic rings. The van der Waals surface area contributed by atoms with Crippen LogP contribution < -0.4 is 15.4 Å². The number of benzene rings is 1.